The number of carboxylic acid groups (broad SMARTS) is 1. The summed E-state index contributed by atoms with van der Waals surface area (Å²) in [6.07, 6.45) is 6.86. The Bertz CT molecular complexity index is 1740. The van der Waals surface area contributed by atoms with E-state index >= 15 is 0 Å². The SMILES string of the molecule is CN(CCOCCOC/C=C/c1cnc2c(c1)C1(CCN(C(=O)NCC(=O)O)CC1)OC(=O)N2)C(=O)OC(C)(C)C.Cc1cc(C)c2[nH]ncc2c1. The molecule has 2 aliphatic rings. The second-order valence-corrected chi connectivity index (χ2v) is 13.6. The van der Waals surface area contributed by atoms with E-state index in [2.05, 4.69) is 51.8 Å². The number of pyridine rings is 1. The summed E-state index contributed by atoms with van der Waals surface area (Å²) in [6, 6.07) is 5.70. The summed E-state index contributed by atoms with van der Waals surface area (Å²) in [4.78, 5) is 54.5. The Labute approximate surface area is 302 Å². The molecule has 16 nitrogen and oxygen atoms in total. The number of aliphatic carboxylic acids is 1. The van der Waals surface area contributed by atoms with Gasteiger partial charge in [0.1, 0.15) is 23.6 Å². The number of aromatic nitrogens is 3. The Hall–Kier alpha value is -5.22. The number of hydrogen-bond donors (Lipinski definition) is 4. The van der Waals surface area contributed by atoms with Crippen molar-refractivity contribution in [2.24, 2.45) is 0 Å². The highest BCUT2D eigenvalue weighted by Gasteiger charge is 2.46. The monoisotopic (exact) mass is 723 g/mol. The number of benzene rings is 1. The number of carboxylic acids is 1. The predicted octanol–water partition coefficient (Wildman–Crippen LogP) is 4.82. The molecule has 1 saturated heterocycles. The fourth-order valence-electron chi connectivity index (χ4n) is 5.69. The first kappa shape index (κ1) is 39.6. The van der Waals surface area contributed by atoms with Gasteiger partial charge in [0, 0.05) is 56.7 Å². The minimum absolute atomic E-state index is 0.283. The number of urea groups is 1. The molecule has 3 aromatic rings. The molecule has 0 bridgehead atoms. The van der Waals surface area contributed by atoms with Crippen molar-refractivity contribution in [3.05, 3.63) is 58.9 Å². The molecule has 0 radical (unpaired) electrons. The van der Waals surface area contributed by atoms with Crippen molar-refractivity contribution < 1.29 is 43.2 Å². The maximum Gasteiger partial charge on any atom is 0.413 e. The topological polar surface area (TPSA) is 198 Å². The first-order chi connectivity index (χ1) is 24.7. The van der Waals surface area contributed by atoms with Gasteiger partial charge in [-0.2, -0.15) is 5.10 Å². The fourth-order valence-corrected chi connectivity index (χ4v) is 5.69. The summed E-state index contributed by atoms with van der Waals surface area (Å²) in [7, 11) is 1.66. The highest BCUT2D eigenvalue weighted by atomic mass is 16.6. The van der Waals surface area contributed by atoms with E-state index in [4.69, 9.17) is 24.1 Å². The summed E-state index contributed by atoms with van der Waals surface area (Å²) in [6.45, 7) is 11.6. The molecule has 2 aromatic heterocycles. The first-order valence-electron chi connectivity index (χ1n) is 17.1. The Morgan fingerprint density at radius 2 is 1.83 bits per heavy atom. The van der Waals surface area contributed by atoms with Gasteiger partial charge >= 0.3 is 24.2 Å². The number of nitrogens with zero attached hydrogens (tertiary/aromatic N) is 4. The van der Waals surface area contributed by atoms with E-state index in [0.29, 0.717) is 51.6 Å². The summed E-state index contributed by atoms with van der Waals surface area (Å²) in [5, 5.41) is 21.9. The van der Waals surface area contributed by atoms with Crippen LogP contribution >= 0.6 is 0 Å². The molecule has 16 heteroatoms. The zero-order chi connectivity index (χ0) is 37.9. The van der Waals surface area contributed by atoms with Gasteiger partial charge in [-0.1, -0.05) is 23.8 Å². The lowest BCUT2D eigenvalue weighted by Crippen LogP contribution is -2.52. The highest BCUT2D eigenvalue weighted by molar-refractivity contribution is 5.88. The van der Waals surface area contributed by atoms with Crippen LogP contribution in [0.25, 0.3) is 17.0 Å². The average molecular weight is 724 g/mol. The number of carbonyl (C=O) groups excluding carboxylic acids is 3. The van der Waals surface area contributed by atoms with Crippen molar-refractivity contribution in [1.29, 1.82) is 0 Å². The smallest absolute Gasteiger partial charge is 0.413 e. The lowest BCUT2D eigenvalue weighted by Gasteiger charge is -2.43. The van der Waals surface area contributed by atoms with Crippen molar-refractivity contribution in [3.63, 3.8) is 0 Å². The normalized spacial score (nSPS) is 15.0. The zero-order valence-electron chi connectivity index (χ0n) is 30.6. The number of amides is 4. The Morgan fingerprint density at radius 1 is 1.10 bits per heavy atom. The van der Waals surface area contributed by atoms with Crippen LogP contribution in [-0.4, -0.2) is 120 Å². The van der Waals surface area contributed by atoms with Gasteiger partial charge in [-0.05, 0) is 57.9 Å². The van der Waals surface area contributed by atoms with Gasteiger partial charge < -0.3 is 39.2 Å². The first-order valence-corrected chi connectivity index (χ1v) is 17.1. The number of likely N-dealkylation sites (tertiary alicyclic amines) is 1. The minimum atomic E-state index is -1.13. The molecule has 0 saturated carbocycles. The van der Waals surface area contributed by atoms with Crippen LogP contribution < -0.4 is 10.6 Å². The number of nitrogens with one attached hydrogen (secondary N) is 3. The van der Waals surface area contributed by atoms with E-state index in [0.717, 1.165) is 16.6 Å². The van der Waals surface area contributed by atoms with Crippen molar-refractivity contribution >= 4 is 47.0 Å². The number of aromatic amines is 1. The van der Waals surface area contributed by atoms with Crippen LogP contribution in [0.2, 0.25) is 0 Å². The van der Waals surface area contributed by atoms with Gasteiger partial charge in [-0.25, -0.2) is 19.4 Å². The van der Waals surface area contributed by atoms with Gasteiger partial charge in [0.25, 0.3) is 0 Å². The van der Waals surface area contributed by atoms with Crippen LogP contribution in [0.4, 0.5) is 20.2 Å². The van der Waals surface area contributed by atoms with Gasteiger partial charge in [-0.3, -0.25) is 15.2 Å². The number of aryl methyl sites for hydroxylation is 2. The van der Waals surface area contributed by atoms with Gasteiger partial charge in [0.05, 0.1) is 38.1 Å². The molecule has 5 rings (SSSR count). The largest absolute Gasteiger partial charge is 0.480 e. The van der Waals surface area contributed by atoms with Crippen molar-refractivity contribution in [2.45, 2.75) is 58.7 Å². The molecular formula is C36H49N7O9. The molecular weight excluding hydrogens is 674 g/mol. The highest BCUT2D eigenvalue weighted by Crippen LogP contribution is 2.43. The van der Waals surface area contributed by atoms with Gasteiger partial charge in [0.2, 0.25) is 0 Å². The number of rotatable bonds is 11. The lowest BCUT2D eigenvalue weighted by molar-refractivity contribution is -0.135. The number of anilines is 1. The molecule has 1 fully saturated rings. The third-order valence-electron chi connectivity index (χ3n) is 8.22. The molecule has 52 heavy (non-hydrogen) atoms. The zero-order valence-corrected chi connectivity index (χ0v) is 30.6. The number of carbonyl (C=O) groups is 4. The Kier molecular flexibility index (Phi) is 13.6. The van der Waals surface area contributed by atoms with Crippen LogP contribution in [0.5, 0.6) is 0 Å². The standard InChI is InChI=1S/C27H39N5O9.C9H10N2/c1-26(2,3)41-25(37)31(4)11-13-39-15-14-38-12-5-6-19-16-20-22(28-17-19)30-24(36)40-27(20)7-9-32(10-8-27)23(35)29-18-21(33)34;1-6-3-7(2)9-8(4-6)5-10-11-9/h5-6,16-17H,7-15,18H2,1-4H3,(H,29,35)(H,33,34)(H,28,30,36);3-5H,1-2H3,(H,10,11)/b6-5+;. The summed E-state index contributed by atoms with van der Waals surface area (Å²) < 4.78 is 22.1. The van der Waals surface area contributed by atoms with E-state index in [1.165, 1.54) is 26.3 Å². The van der Waals surface area contributed by atoms with E-state index in [1.54, 1.807) is 13.2 Å². The van der Waals surface area contributed by atoms with Crippen LogP contribution in [0.1, 0.15) is 55.9 Å². The van der Waals surface area contributed by atoms with E-state index in [-0.39, 0.29) is 13.1 Å². The minimum Gasteiger partial charge on any atom is -0.480 e. The van der Waals surface area contributed by atoms with Crippen molar-refractivity contribution in [2.75, 3.05) is 65.0 Å². The summed E-state index contributed by atoms with van der Waals surface area (Å²) >= 11 is 0. The second-order valence-electron chi connectivity index (χ2n) is 13.6. The molecule has 4 amide bonds. The molecule has 282 valence electrons. The molecule has 0 aliphatic carbocycles. The number of fused-ring (bicyclic) bond motifs is 3. The number of H-pyrrole nitrogens is 1. The number of hydrogen-bond acceptors (Lipinski definition) is 10. The third kappa shape index (κ3) is 11.4. The summed E-state index contributed by atoms with van der Waals surface area (Å²) in [5.41, 5.74) is 3.72. The van der Waals surface area contributed by atoms with Crippen LogP contribution in [0.15, 0.2) is 36.7 Å². The van der Waals surface area contributed by atoms with E-state index < -0.39 is 41.9 Å². The summed E-state index contributed by atoms with van der Waals surface area (Å²) in [5.74, 6) is -0.716. The number of likely N-dealkylation sites (N-methyl/N-ethyl adjacent to an activating group) is 1. The van der Waals surface area contributed by atoms with E-state index in [1.807, 2.05) is 45.2 Å². The molecule has 1 aromatic carbocycles. The van der Waals surface area contributed by atoms with Crippen LogP contribution in [0.3, 0.4) is 0 Å². The fraction of sp³-hybridized carbons (Fsp3) is 0.500. The van der Waals surface area contributed by atoms with Gasteiger partial charge in [-0.15, -0.1) is 0 Å². The Balaban J connectivity index is 0.000000462. The third-order valence-corrected chi connectivity index (χ3v) is 8.22. The maximum absolute atomic E-state index is 12.2. The average Bonchev–Trinajstić information content (AvgIpc) is 3.55. The molecule has 0 atom stereocenters. The van der Waals surface area contributed by atoms with Crippen molar-refractivity contribution in [1.82, 2.24) is 30.3 Å². The molecule has 0 unspecified atom stereocenters. The Morgan fingerprint density at radius 3 is 2.54 bits per heavy atom. The number of piperidine rings is 1. The molecule has 4 heterocycles. The molecule has 2 aliphatic heterocycles. The molecule has 1 spiro atoms. The van der Waals surface area contributed by atoms with Crippen LogP contribution in [-0.2, 0) is 29.3 Å². The van der Waals surface area contributed by atoms with Crippen LogP contribution in [0, 0.1) is 13.8 Å². The van der Waals surface area contributed by atoms with Crippen molar-refractivity contribution in [3.8, 4) is 0 Å². The predicted molar refractivity (Wildman–Crippen MR) is 193 cm³/mol. The molecule has 4 N–H and O–H groups in total. The van der Waals surface area contributed by atoms with E-state index in [9.17, 15) is 19.2 Å². The number of ether oxygens (including phenoxy) is 4. The second kappa shape index (κ2) is 17.8. The quantitative estimate of drug-likeness (QED) is 0.198. The lowest BCUT2D eigenvalue weighted by atomic mass is 9.83. The maximum atomic E-state index is 12.2. The van der Waals surface area contributed by atoms with Gasteiger partial charge in [0.15, 0.2) is 0 Å².